The van der Waals surface area contributed by atoms with Crippen LogP contribution in [0.5, 0.6) is 11.5 Å². The van der Waals surface area contributed by atoms with Crippen molar-refractivity contribution in [3.05, 3.63) is 62.7 Å². The van der Waals surface area contributed by atoms with Crippen molar-refractivity contribution in [1.82, 2.24) is 10.9 Å². The van der Waals surface area contributed by atoms with Gasteiger partial charge in [-0.2, -0.15) is 0 Å². The third kappa shape index (κ3) is 5.10. The second kappa shape index (κ2) is 9.56. The van der Waals surface area contributed by atoms with Gasteiger partial charge in [-0.15, -0.1) is 0 Å². The first-order valence-corrected chi connectivity index (χ1v) is 8.60. The Bertz CT molecular complexity index is 903. The summed E-state index contributed by atoms with van der Waals surface area (Å²) < 4.78 is 10.7. The SMILES string of the molecule is CCCOc1ccc(C(=O)NNC(=O)c2cc([N+](=O)[O-])ccc2Cl)cc1OC. The maximum absolute atomic E-state index is 12.3. The molecule has 0 fully saturated rings. The van der Waals surface area contributed by atoms with E-state index in [4.69, 9.17) is 21.1 Å². The zero-order chi connectivity index (χ0) is 20.7. The Morgan fingerprint density at radius 3 is 2.46 bits per heavy atom. The highest BCUT2D eigenvalue weighted by molar-refractivity contribution is 6.34. The molecule has 0 aliphatic carbocycles. The molecule has 28 heavy (non-hydrogen) atoms. The number of hydrogen-bond acceptors (Lipinski definition) is 6. The van der Waals surface area contributed by atoms with Crippen molar-refractivity contribution in [3.63, 3.8) is 0 Å². The molecule has 0 saturated heterocycles. The zero-order valence-corrected chi connectivity index (χ0v) is 15.9. The summed E-state index contributed by atoms with van der Waals surface area (Å²) in [4.78, 5) is 34.6. The predicted octanol–water partition coefficient (Wildman–Crippen LogP) is 3.12. The van der Waals surface area contributed by atoms with Gasteiger partial charge in [0.1, 0.15) is 0 Å². The molecule has 2 amide bonds. The highest BCUT2D eigenvalue weighted by Crippen LogP contribution is 2.28. The Morgan fingerprint density at radius 2 is 1.82 bits per heavy atom. The lowest BCUT2D eigenvalue weighted by molar-refractivity contribution is -0.384. The molecule has 0 aliphatic heterocycles. The lowest BCUT2D eigenvalue weighted by atomic mass is 10.2. The van der Waals surface area contributed by atoms with Gasteiger partial charge in [0.25, 0.3) is 17.5 Å². The molecule has 0 bridgehead atoms. The van der Waals surface area contributed by atoms with Crippen LogP contribution in [-0.2, 0) is 0 Å². The molecule has 148 valence electrons. The Morgan fingerprint density at radius 1 is 1.11 bits per heavy atom. The molecule has 0 heterocycles. The van der Waals surface area contributed by atoms with Gasteiger partial charge in [-0.05, 0) is 30.7 Å². The van der Waals surface area contributed by atoms with Gasteiger partial charge in [-0.25, -0.2) is 0 Å². The van der Waals surface area contributed by atoms with Crippen LogP contribution in [0, 0.1) is 10.1 Å². The smallest absolute Gasteiger partial charge is 0.271 e. The largest absolute Gasteiger partial charge is 0.493 e. The first kappa shape index (κ1) is 21.0. The van der Waals surface area contributed by atoms with Gasteiger partial charge in [0, 0.05) is 17.7 Å². The second-order valence-electron chi connectivity index (χ2n) is 5.54. The molecular formula is C18H18ClN3O6. The standard InChI is InChI=1S/C18H18ClN3O6/c1-3-8-28-15-7-4-11(9-16(15)27-2)17(23)20-21-18(24)13-10-12(22(25)26)5-6-14(13)19/h4-7,9-10H,3,8H2,1-2H3,(H,20,23)(H,21,24). The minimum atomic E-state index is -0.795. The fourth-order valence-electron chi connectivity index (χ4n) is 2.19. The van der Waals surface area contributed by atoms with Crippen LogP contribution in [0.2, 0.25) is 5.02 Å². The molecule has 0 aliphatic rings. The van der Waals surface area contributed by atoms with Crippen LogP contribution < -0.4 is 20.3 Å². The minimum Gasteiger partial charge on any atom is -0.493 e. The van der Waals surface area contributed by atoms with E-state index in [9.17, 15) is 19.7 Å². The second-order valence-corrected chi connectivity index (χ2v) is 5.95. The van der Waals surface area contributed by atoms with Gasteiger partial charge in [0.2, 0.25) is 0 Å². The topological polar surface area (TPSA) is 120 Å². The number of benzene rings is 2. The number of rotatable bonds is 7. The Labute approximate surface area is 165 Å². The Hall–Kier alpha value is -3.33. The third-order valence-electron chi connectivity index (χ3n) is 3.58. The number of hydrazine groups is 1. The number of non-ortho nitro benzene ring substituents is 1. The molecule has 0 unspecified atom stereocenters. The average Bonchev–Trinajstić information content (AvgIpc) is 2.70. The average molecular weight is 408 g/mol. The number of carbonyl (C=O) groups is 2. The summed E-state index contributed by atoms with van der Waals surface area (Å²) in [5, 5.41) is 10.8. The van der Waals surface area contributed by atoms with Crippen LogP contribution in [0.4, 0.5) is 5.69 Å². The molecule has 2 aromatic carbocycles. The van der Waals surface area contributed by atoms with Crippen molar-refractivity contribution in [1.29, 1.82) is 0 Å². The van der Waals surface area contributed by atoms with E-state index in [0.717, 1.165) is 12.5 Å². The van der Waals surface area contributed by atoms with Gasteiger partial charge in [-0.3, -0.25) is 30.6 Å². The molecule has 0 radical (unpaired) electrons. The predicted molar refractivity (Wildman–Crippen MR) is 102 cm³/mol. The van der Waals surface area contributed by atoms with E-state index in [1.165, 1.54) is 31.4 Å². The van der Waals surface area contributed by atoms with Crippen molar-refractivity contribution in [3.8, 4) is 11.5 Å². The van der Waals surface area contributed by atoms with Gasteiger partial charge in [-0.1, -0.05) is 18.5 Å². The summed E-state index contributed by atoms with van der Waals surface area (Å²) >= 11 is 5.90. The number of halogens is 1. The molecular weight excluding hydrogens is 390 g/mol. The maximum Gasteiger partial charge on any atom is 0.271 e. The van der Waals surface area contributed by atoms with Gasteiger partial charge in [0.15, 0.2) is 11.5 Å². The highest BCUT2D eigenvalue weighted by atomic mass is 35.5. The third-order valence-corrected chi connectivity index (χ3v) is 3.91. The van der Waals surface area contributed by atoms with Gasteiger partial charge < -0.3 is 9.47 Å². The normalized spacial score (nSPS) is 10.1. The van der Waals surface area contributed by atoms with Crippen LogP contribution >= 0.6 is 11.6 Å². The summed E-state index contributed by atoms with van der Waals surface area (Å²) in [7, 11) is 1.45. The number of nitro benzene ring substituents is 1. The quantitative estimate of drug-likeness (QED) is 0.537. The van der Waals surface area contributed by atoms with E-state index in [1.54, 1.807) is 6.07 Å². The number of amides is 2. The summed E-state index contributed by atoms with van der Waals surface area (Å²) in [6.07, 6.45) is 0.817. The minimum absolute atomic E-state index is 0.0106. The van der Waals surface area contributed by atoms with Gasteiger partial charge in [0.05, 0.1) is 29.2 Å². The van der Waals surface area contributed by atoms with E-state index < -0.39 is 16.7 Å². The van der Waals surface area contributed by atoms with Crippen LogP contribution in [0.1, 0.15) is 34.1 Å². The fourth-order valence-corrected chi connectivity index (χ4v) is 2.40. The van der Waals surface area contributed by atoms with Crippen molar-refractivity contribution in [2.24, 2.45) is 0 Å². The number of ether oxygens (including phenoxy) is 2. The monoisotopic (exact) mass is 407 g/mol. The van der Waals surface area contributed by atoms with Crippen molar-refractivity contribution in [2.75, 3.05) is 13.7 Å². The first-order valence-electron chi connectivity index (χ1n) is 8.22. The van der Waals surface area contributed by atoms with Crippen LogP contribution in [0.3, 0.4) is 0 Å². The summed E-state index contributed by atoms with van der Waals surface area (Å²) in [5.41, 5.74) is 4.17. The van der Waals surface area contributed by atoms with E-state index in [1.807, 2.05) is 6.92 Å². The number of nitrogens with zero attached hydrogens (tertiary/aromatic N) is 1. The molecule has 0 aromatic heterocycles. The maximum atomic E-state index is 12.3. The molecule has 9 nitrogen and oxygen atoms in total. The van der Waals surface area contributed by atoms with Crippen LogP contribution in [0.25, 0.3) is 0 Å². The van der Waals surface area contributed by atoms with E-state index in [2.05, 4.69) is 10.9 Å². The van der Waals surface area contributed by atoms with Crippen molar-refractivity contribution >= 4 is 29.1 Å². The number of methoxy groups -OCH3 is 1. The van der Waals surface area contributed by atoms with E-state index >= 15 is 0 Å². The lowest BCUT2D eigenvalue weighted by Gasteiger charge is -2.12. The molecule has 0 saturated carbocycles. The van der Waals surface area contributed by atoms with E-state index in [0.29, 0.717) is 18.1 Å². The number of hydrogen-bond donors (Lipinski definition) is 2. The Balaban J connectivity index is 2.08. The number of nitro groups is 1. The number of carbonyl (C=O) groups excluding carboxylic acids is 2. The molecule has 2 aromatic rings. The summed E-state index contributed by atoms with van der Waals surface area (Å²) in [6, 6.07) is 7.99. The van der Waals surface area contributed by atoms with Crippen LogP contribution in [-0.4, -0.2) is 30.5 Å². The highest BCUT2D eigenvalue weighted by Gasteiger charge is 2.17. The fraction of sp³-hybridized carbons (Fsp3) is 0.222. The Kier molecular flexibility index (Phi) is 7.16. The molecule has 0 spiro atoms. The van der Waals surface area contributed by atoms with E-state index in [-0.39, 0.29) is 21.8 Å². The first-order chi connectivity index (χ1) is 13.4. The molecule has 10 heteroatoms. The molecule has 2 N–H and O–H groups in total. The van der Waals surface area contributed by atoms with Gasteiger partial charge >= 0.3 is 0 Å². The summed E-state index contributed by atoms with van der Waals surface area (Å²) in [6.45, 7) is 2.46. The zero-order valence-electron chi connectivity index (χ0n) is 15.2. The number of nitrogens with one attached hydrogen (secondary N) is 2. The van der Waals surface area contributed by atoms with Crippen molar-refractivity contribution in [2.45, 2.75) is 13.3 Å². The van der Waals surface area contributed by atoms with Crippen molar-refractivity contribution < 1.29 is 24.0 Å². The van der Waals surface area contributed by atoms with Crippen LogP contribution in [0.15, 0.2) is 36.4 Å². The molecule has 2 rings (SSSR count). The molecule has 0 atom stereocenters. The summed E-state index contributed by atoms with van der Waals surface area (Å²) in [5.74, 6) is -0.547. The lowest BCUT2D eigenvalue weighted by Crippen LogP contribution is -2.41.